The number of hydrogen-bond donors (Lipinski definition) is 2. The predicted molar refractivity (Wildman–Crippen MR) is 190 cm³/mol. The number of nitrogen functional groups attached to an aromatic ring is 1. The first-order valence-corrected chi connectivity index (χ1v) is 18.1. The fourth-order valence-corrected chi connectivity index (χ4v) is 9.24. The average Bonchev–Trinajstić information content (AvgIpc) is 3.63. The van der Waals surface area contributed by atoms with Crippen LogP contribution in [0.5, 0.6) is 5.75 Å². The summed E-state index contributed by atoms with van der Waals surface area (Å²) in [5, 5.41) is 8.36. The Kier molecular flexibility index (Phi) is 8.16. The maximum absolute atomic E-state index is 13.4. The number of imide groups is 1. The summed E-state index contributed by atoms with van der Waals surface area (Å²) in [6, 6.07) is 9.68. The Bertz CT molecular complexity index is 1950. The van der Waals surface area contributed by atoms with Crippen LogP contribution >= 0.6 is 0 Å². The van der Waals surface area contributed by atoms with Crippen molar-refractivity contribution in [3.63, 3.8) is 0 Å². The van der Waals surface area contributed by atoms with Crippen LogP contribution in [0, 0.1) is 11.3 Å². The summed E-state index contributed by atoms with van der Waals surface area (Å²) in [4.78, 5) is 43.0. The van der Waals surface area contributed by atoms with Crippen LogP contribution in [0.1, 0.15) is 76.3 Å². The molecule has 12 heteroatoms. The van der Waals surface area contributed by atoms with Crippen molar-refractivity contribution in [3.05, 3.63) is 47.0 Å². The van der Waals surface area contributed by atoms with Crippen LogP contribution in [0.4, 0.5) is 11.4 Å². The quantitative estimate of drug-likeness (QED) is 0.229. The predicted octanol–water partition coefficient (Wildman–Crippen LogP) is 4.37. The number of methoxy groups -OCH3 is 1. The van der Waals surface area contributed by atoms with Crippen molar-refractivity contribution in [1.29, 1.82) is 0 Å². The van der Waals surface area contributed by atoms with Gasteiger partial charge in [0.1, 0.15) is 11.8 Å². The van der Waals surface area contributed by atoms with Gasteiger partial charge in [-0.05, 0) is 100 Å². The number of nitrogens with zero attached hydrogens (tertiary/aromatic N) is 6. The summed E-state index contributed by atoms with van der Waals surface area (Å²) in [5.74, 6) is 0.749. The van der Waals surface area contributed by atoms with Crippen LogP contribution in [0.15, 0.2) is 41.3 Å². The van der Waals surface area contributed by atoms with Gasteiger partial charge in [0, 0.05) is 50.8 Å². The fraction of sp³-hybridized carbons (Fsp3) is 0.568. The van der Waals surface area contributed by atoms with Gasteiger partial charge in [0.2, 0.25) is 11.8 Å². The maximum Gasteiger partial charge on any atom is 0.329 e. The molecule has 3 saturated heterocycles. The van der Waals surface area contributed by atoms with Crippen molar-refractivity contribution in [2.75, 3.05) is 50.5 Å². The number of likely N-dealkylation sites (tertiary alicyclic amines) is 1. The Morgan fingerprint density at radius 1 is 0.980 bits per heavy atom. The molecule has 260 valence electrons. The topological polar surface area (TPSA) is 133 Å². The van der Waals surface area contributed by atoms with E-state index >= 15 is 0 Å². The molecule has 49 heavy (non-hydrogen) atoms. The largest absolute Gasteiger partial charge is 0.495 e. The molecule has 8 rings (SSSR count). The number of aromatic nitrogens is 4. The summed E-state index contributed by atoms with van der Waals surface area (Å²) in [6.45, 7) is 5.47. The number of carbonyl (C=O) groups excluding carboxylic acids is 2. The highest BCUT2D eigenvalue weighted by molar-refractivity contribution is 6.00. The lowest BCUT2D eigenvalue weighted by Crippen LogP contribution is -2.48. The van der Waals surface area contributed by atoms with E-state index in [1.807, 2.05) is 24.3 Å². The SMILES string of the molecule is COc1cc2nn(C3CCC(CN4CCC5(CC4)CCN(c4cccc6c4n(C)c(=O)n6C4CCC(=O)NC4=O)CC5)CC3)cc2cc1N. The van der Waals surface area contributed by atoms with E-state index in [9.17, 15) is 14.4 Å². The van der Waals surface area contributed by atoms with E-state index in [1.54, 1.807) is 23.3 Å². The van der Waals surface area contributed by atoms with E-state index in [4.69, 9.17) is 15.6 Å². The minimum absolute atomic E-state index is 0.215. The molecule has 12 nitrogen and oxygen atoms in total. The number of aryl methyl sites for hydroxylation is 1. The highest BCUT2D eigenvalue weighted by Gasteiger charge is 2.39. The molecule has 4 fully saturated rings. The monoisotopic (exact) mass is 668 g/mol. The number of nitrogens with one attached hydrogen (secondary N) is 1. The third kappa shape index (κ3) is 5.77. The number of para-hydroxylation sites is 1. The number of piperidine rings is 3. The molecule has 4 aromatic rings. The highest BCUT2D eigenvalue weighted by atomic mass is 16.5. The zero-order chi connectivity index (χ0) is 33.9. The van der Waals surface area contributed by atoms with Crippen molar-refractivity contribution >= 4 is 45.1 Å². The summed E-state index contributed by atoms with van der Waals surface area (Å²) in [7, 11) is 3.43. The Labute approximate surface area is 286 Å². The first-order chi connectivity index (χ1) is 23.7. The van der Waals surface area contributed by atoms with Gasteiger partial charge in [-0.1, -0.05) is 6.07 Å². The van der Waals surface area contributed by atoms with Crippen LogP contribution < -0.4 is 26.4 Å². The van der Waals surface area contributed by atoms with Crippen molar-refractivity contribution < 1.29 is 14.3 Å². The minimum atomic E-state index is -0.670. The molecule has 2 aromatic heterocycles. The number of fused-ring (bicyclic) bond motifs is 2. The summed E-state index contributed by atoms with van der Waals surface area (Å²) >= 11 is 0. The second-order valence-electron chi connectivity index (χ2n) is 15.0. The van der Waals surface area contributed by atoms with E-state index < -0.39 is 11.9 Å². The van der Waals surface area contributed by atoms with Crippen molar-refractivity contribution in [3.8, 4) is 5.75 Å². The molecule has 2 aromatic carbocycles. The molecule has 3 aliphatic heterocycles. The van der Waals surface area contributed by atoms with Crippen LogP contribution in [0.2, 0.25) is 0 Å². The van der Waals surface area contributed by atoms with Gasteiger partial charge in [-0.2, -0.15) is 5.10 Å². The van der Waals surface area contributed by atoms with Gasteiger partial charge in [-0.25, -0.2) is 4.79 Å². The number of benzene rings is 2. The standard InChI is InChI=1S/C37H48N8O4/c1-41-34-29(4-3-5-30(34)45(36(41)48)31-10-11-33(46)39-35(31)47)43-18-14-37(15-19-43)12-16-42(17-13-37)22-24-6-8-26(9-7-24)44-23-25-20-27(38)32(49-2)21-28(25)40-44/h3-5,20-21,23-24,26,31H,6-19,22,38H2,1-2H3,(H,39,46,47). The Morgan fingerprint density at radius 3 is 2.43 bits per heavy atom. The zero-order valence-corrected chi connectivity index (χ0v) is 28.7. The molecule has 1 spiro atoms. The molecule has 1 unspecified atom stereocenters. The van der Waals surface area contributed by atoms with Gasteiger partial charge >= 0.3 is 5.69 Å². The summed E-state index contributed by atoms with van der Waals surface area (Å²) in [6.07, 6.45) is 12.3. The molecule has 5 heterocycles. The van der Waals surface area contributed by atoms with Gasteiger partial charge in [0.15, 0.2) is 0 Å². The van der Waals surface area contributed by atoms with Crippen LogP contribution in [-0.4, -0.2) is 75.5 Å². The lowest BCUT2D eigenvalue weighted by molar-refractivity contribution is -0.135. The molecule has 2 amide bonds. The molecule has 0 bridgehead atoms. The van der Waals surface area contributed by atoms with Crippen LogP contribution in [-0.2, 0) is 16.6 Å². The number of nitrogens with two attached hydrogens (primary N) is 1. The van der Waals surface area contributed by atoms with Crippen molar-refractivity contribution in [2.24, 2.45) is 18.4 Å². The van der Waals surface area contributed by atoms with Gasteiger partial charge in [0.05, 0.1) is 41.1 Å². The van der Waals surface area contributed by atoms with Gasteiger partial charge in [-0.15, -0.1) is 0 Å². The number of carbonyl (C=O) groups is 2. The molecule has 1 aliphatic carbocycles. The Hall–Kier alpha value is -4.32. The van der Waals surface area contributed by atoms with E-state index in [2.05, 4.69) is 32.1 Å². The Balaban J connectivity index is 0.857. The maximum atomic E-state index is 13.4. The first kappa shape index (κ1) is 31.9. The van der Waals surface area contributed by atoms with Crippen LogP contribution in [0.25, 0.3) is 21.9 Å². The van der Waals surface area contributed by atoms with Gasteiger partial charge in [-0.3, -0.25) is 28.7 Å². The van der Waals surface area contributed by atoms with E-state index in [0.717, 1.165) is 72.3 Å². The third-order valence-corrected chi connectivity index (χ3v) is 12.3. The smallest absolute Gasteiger partial charge is 0.329 e. The first-order valence-electron chi connectivity index (χ1n) is 18.1. The fourth-order valence-electron chi connectivity index (χ4n) is 9.24. The number of ether oxygens (including phenoxy) is 1. The zero-order valence-electron chi connectivity index (χ0n) is 28.7. The number of imidazole rings is 1. The second-order valence-corrected chi connectivity index (χ2v) is 15.0. The lowest BCUT2D eigenvalue weighted by atomic mass is 9.71. The van der Waals surface area contributed by atoms with E-state index in [-0.39, 0.29) is 18.0 Å². The molecule has 1 saturated carbocycles. The number of anilines is 2. The van der Waals surface area contributed by atoms with Crippen LogP contribution in [0.3, 0.4) is 0 Å². The number of amides is 2. The molecule has 3 N–H and O–H groups in total. The minimum Gasteiger partial charge on any atom is -0.495 e. The summed E-state index contributed by atoms with van der Waals surface area (Å²) in [5.41, 5.74) is 10.6. The Morgan fingerprint density at radius 2 is 1.71 bits per heavy atom. The van der Waals surface area contributed by atoms with Gasteiger partial charge in [0.25, 0.3) is 0 Å². The van der Waals surface area contributed by atoms with Gasteiger partial charge < -0.3 is 20.3 Å². The third-order valence-electron chi connectivity index (χ3n) is 12.3. The van der Waals surface area contributed by atoms with E-state index in [0.29, 0.717) is 29.3 Å². The normalized spacial score (nSPS) is 24.9. The lowest BCUT2D eigenvalue weighted by Gasteiger charge is -2.48. The van der Waals surface area contributed by atoms with Crippen molar-refractivity contribution in [1.82, 2.24) is 29.1 Å². The van der Waals surface area contributed by atoms with Crippen molar-refractivity contribution in [2.45, 2.75) is 76.3 Å². The van der Waals surface area contributed by atoms with E-state index in [1.165, 1.54) is 45.3 Å². The molecule has 4 aliphatic rings. The number of hydrogen-bond acceptors (Lipinski definition) is 8. The molecule has 1 atom stereocenters. The highest BCUT2D eigenvalue weighted by Crippen LogP contribution is 2.44. The molecular formula is C37H48N8O4. The summed E-state index contributed by atoms with van der Waals surface area (Å²) < 4.78 is 10.8. The molecular weight excluding hydrogens is 620 g/mol. The molecule has 0 radical (unpaired) electrons. The number of rotatable bonds is 6. The second kappa shape index (κ2) is 12.5. The average molecular weight is 669 g/mol.